The molecule has 0 aromatic heterocycles. The second kappa shape index (κ2) is 5.62. The van der Waals surface area contributed by atoms with E-state index in [2.05, 4.69) is 0 Å². The van der Waals surface area contributed by atoms with Crippen LogP contribution in [-0.4, -0.2) is 18.3 Å². The van der Waals surface area contributed by atoms with Crippen molar-refractivity contribution in [3.63, 3.8) is 0 Å². The van der Waals surface area contributed by atoms with Crippen LogP contribution in [0.5, 0.6) is 0 Å². The molecule has 3 N–H and O–H groups in total. The topological polar surface area (TPSA) is 46.2 Å². The maximum Gasteiger partial charge on any atom is 0.126 e. The van der Waals surface area contributed by atoms with Crippen molar-refractivity contribution in [1.82, 2.24) is 0 Å². The largest absolute Gasteiger partial charge is 0.396 e. The van der Waals surface area contributed by atoms with Gasteiger partial charge in [0, 0.05) is 17.0 Å². The third-order valence-corrected chi connectivity index (χ3v) is 3.33. The van der Waals surface area contributed by atoms with Gasteiger partial charge in [0.05, 0.1) is 6.61 Å². The normalized spacial score (nSPS) is 14.8. The monoisotopic (exact) mass is 245 g/mol. The molecule has 0 aliphatic rings. The van der Waals surface area contributed by atoms with Gasteiger partial charge < -0.3 is 10.8 Å². The molecular formula is C12H17ClFNO. The van der Waals surface area contributed by atoms with E-state index < -0.39 is 5.41 Å². The van der Waals surface area contributed by atoms with Crippen LogP contribution in [0.3, 0.4) is 0 Å². The van der Waals surface area contributed by atoms with Gasteiger partial charge in [-0.3, -0.25) is 0 Å². The molecule has 0 fully saturated rings. The van der Waals surface area contributed by atoms with Crippen LogP contribution >= 0.6 is 11.6 Å². The number of hydrogen-bond donors (Lipinski definition) is 2. The lowest BCUT2D eigenvalue weighted by Crippen LogP contribution is -2.36. The SMILES string of the molecule is CCC(CN)(CO)Cc1cc(Cl)ccc1F. The first-order chi connectivity index (χ1) is 7.56. The molecule has 1 aromatic carbocycles. The second-order valence-electron chi connectivity index (χ2n) is 4.13. The predicted molar refractivity (Wildman–Crippen MR) is 64.0 cm³/mol. The lowest BCUT2D eigenvalue weighted by molar-refractivity contribution is 0.126. The van der Waals surface area contributed by atoms with Crippen LogP contribution in [0.15, 0.2) is 18.2 Å². The van der Waals surface area contributed by atoms with Gasteiger partial charge in [0.25, 0.3) is 0 Å². The molecular weight excluding hydrogens is 229 g/mol. The van der Waals surface area contributed by atoms with Crippen LogP contribution in [0, 0.1) is 11.2 Å². The van der Waals surface area contributed by atoms with Crippen LogP contribution in [0.2, 0.25) is 5.02 Å². The first-order valence-electron chi connectivity index (χ1n) is 5.32. The quantitative estimate of drug-likeness (QED) is 0.837. The third kappa shape index (κ3) is 2.94. The maximum atomic E-state index is 13.5. The summed E-state index contributed by atoms with van der Waals surface area (Å²) < 4.78 is 13.5. The molecule has 1 unspecified atom stereocenters. The molecule has 0 spiro atoms. The van der Waals surface area contributed by atoms with Gasteiger partial charge in [0.2, 0.25) is 0 Å². The van der Waals surface area contributed by atoms with Crippen molar-refractivity contribution in [2.75, 3.05) is 13.2 Å². The van der Waals surface area contributed by atoms with E-state index in [0.717, 1.165) is 0 Å². The zero-order chi connectivity index (χ0) is 12.2. The fraction of sp³-hybridized carbons (Fsp3) is 0.500. The molecule has 0 saturated heterocycles. The highest BCUT2D eigenvalue weighted by molar-refractivity contribution is 6.30. The molecule has 0 radical (unpaired) electrons. The van der Waals surface area contributed by atoms with Gasteiger partial charge in [-0.25, -0.2) is 4.39 Å². The number of rotatable bonds is 5. The summed E-state index contributed by atoms with van der Waals surface area (Å²) in [6, 6.07) is 4.44. The first kappa shape index (κ1) is 13.4. The van der Waals surface area contributed by atoms with E-state index in [1.807, 2.05) is 6.92 Å². The number of aliphatic hydroxyl groups excluding tert-OH is 1. The highest BCUT2D eigenvalue weighted by Crippen LogP contribution is 2.28. The summed E-state index contributed by atoms with van der Waals surface area (Å²) >= 11 is 5.81. The highest BCUT2D eigenvalue weighted by atomic mass is 35.5. The first-order valence-corrected chi connectivity index (χ1v) is 5.69. The molecule has 4 heteroatoms. The Morgan fingerprint density at radius 2 is 2.19 bits per heavy atom. The molecule has 0 amide bonds. The van der Waals surface area contributed by atoms with Crippen molar-refractivity contribution >= 4 is 11.6 Å². The molecule has 16 heavy (non-hydrogen) atoms. The summed E-state index contributed by atoms with van der Waals surface area (Å²) in [6.45, 7) is 2.21. The summed E-state index contributed by atoms with van der Waals surface area (Å²) in [4.78, 5) is 0. The fourth-order valence-corrected chi connectivity index (χ4v) is 1.85. The van der Waals surface area contributed by atoms with Gasteiger partial charge in [0.15, 0.2) is 0 Å². The Balaban J connectivity index is 2.97. The molecule has 0 bridgehead atoms. The number of nitrogens with two attached hydrogens (primary N) is 1. The van der Waals surface area contributed by atoms with E-state index in [1.165, 1.54) is 12.1 Å². The maximum absolute atomic E-state index is 13.5. The zero-order valence-corrected chi connectivity index (χ0v) is 10.1. The number of halogens is 2. The van der Waals surface area contributed by atoms with E-state index >= 15 is 0 Å². The summed E-state index contributed by atoms with van der Waals surface area (Å²) in [5, 5.41) is 9.86. The Bertz CT molecular complexity index is 345. The minimum absolute atomic E-state index is 0.0496. The Kier molecular flexibility index (Phi) is 4.71. The Morgan fingerprint density at radius 3 is 2.69 bits per heavy atom. The second-order valence-corrected chi connectivity index (χ2v) is 4.56. The molecule has 90 valence electrons. The van der Waals surface area contributed by atoms with Crippen molar-refractivity contribution in [1.29, 1.82) is 0 Å². The molecule has 1 atom stereocenters. The van der Waals surface area contributed by atoms with E-state index in [-0.39, 0.29) is 12.4 Å². The smallest absolute Gasteiger partial charge is 0.126 e. The van der Waals surface area contributed by atoms with Crippen LogP contribution < -0.4 is 5.73 Å². The lowest BCUT2D eigenvalue weighted by Gasteiger charge is -2.29. The van der Waals surface area contributed by atoms with Crippen molar-refractivity contribution < 1.29 is 9.50 Å². The van der Waals surface area contributed by atoms with Crippen molar-refractivity contribution in [2.24, 2.45) is 11.1 Å². The molecule has 2 nitrogen and oxygen atoms in total. The van der Waals surface area contributed by atoms with Crippen molar-refractivity contribution in [2.45, 2.75) is 19.8 Å². The van der Waals surface area contributed by atoms with Crippen LogP contribution in [0.25, 0.3) is 0 Å². The third-order valence-electron chi connectivity index (χ3n) is 3.09. The van der Waals surface area contributed by atoms with E-state index in [9.17, 15) is 9.50 Å². The Labute approximate surface area is 100 Å². The van der Waals surface area contributed by atoms with Gasteiger partial charge in [-0.2, -0.15) is 0 Å². The standard InChI is InChI=1S/C12H17ClFNO/c1-2-12(7-15,8-16)6-9-5-10(13)3-4-11(9)14/h3-5,16H,2,6-8,15H2,1H3. The summed E-state index contributed by atoms with van der Waals surface area (Å²) in [6.07, 6.45) is 1.11. The van der Waals surface area contributed by atoms with Crippen LogP contribution in [-0.2, 0) is 6.42 Å². The van der Waals surface area contributed by atoms with Gasteiger partial charge in [-0.05, 0) is 36.6 Å². The molecule has 0 aliphatic heterocycles. The fourth-order valence-electron chi connectivity index (χ4n) is 1.66. The number of benzene rings is 1. The summed E-state index contributed by atoms with van der Waals surface area (Å²) in [5.74, 6) is -0.302. The summed E-state index contributed by atoms with van der Waals surface area (Å²) in [7, 11) is 0. The molecule has 1 rings (SSSR count). The van der Waals surface area contributed by atoms with Crippen LogP contribution in [0.4, 0.5) is 4.39 Å². The van der Waals surface area contributed by atoms with E-state index in [1.54, 1.807) is 6.07 Å². The van der Waals surface area contributed by atoms with E-state index in [4.69, 9.17) is 17.3 Å². The van der Waals surface area contributed by atoms with Crippen molar-refractivity contribution in [3.8, 4) is 0 Å². The summed E-state index contributed by atoms with van der Waals surface area (Å²) in [5.41, 5.74) is 5.70. The highest BCUT2D eigenvalue weighted by Gasteiger charge is 2.27. The molecule has 1 aromatic rings. The van der Waals surface area contributed by atoms with Crippen LogP contribution in [0.1, 0.15) is 18.9 Å². The number of hydrogen-bond acceptors (Lipinski definition) is 2. The average molecular weight is 246 g/mol. The van der Waals surface area contributed by atoms with Gasteiger partial charge in [-0.1, -0.05) is 18.5 Å². The predicted octanol–water partition coefficient (Wildman–Crippen LogP) is 2.37. The van der Waals surface area contributed by atoms with Gasteiger partial charge in [-0.15, -0.1) is 0 Å². The average Bonchev–Trinajstić information content (AvgIpc) is 2.31. The number of aliphatic hydroxyl groups is 1. The Hall–Kier alpha value is -0.640. The van der Waals surface area contributed by atoms with Gasteiger partial charge in [0.1, 0.15) is 5.82 Å². The van der Waals surface area contributed by atoms with E-state index in [0.29, 0.717) is 30.0 Å². The minimum atomic E-state index is -0.453. The molecule has 0 saturated carbocycles. The van der Waals surface area contributed by atoms with Crippen molar-refractivity contribution in [3.05, 3.63) is 34.6 Å². The Morgan fingerprint density at radius 1 is 1.50 bits per heavy atom. The molecule has 0 heterocycles. The minimum Gasteiger partial charge on any atom is -0.396 e. The van der Waals surface area contributed by atoms with Gasteiger partial charge >= 0.3 is 0 Å². The zero-order valence-electron chi connectivity index (χ0n) is 9.34. The molecule has 0 aliphatic carbocycles. The lowest BCUT2D eigenvalue weighted by atomic mass is 9.80.